The Labute approximate surface area is 191 Å². The molecule has 5 rings (SSSR count). The molecule has 2 N–H and O–H groups in total. The summed E-state index contributed by atoms with van der Waals surface area (Å²) in [6.45, 7) is 6.25. The molecule has 4 fully saturated rings. The third-order valence-electron chi connectivity index (χ3n) is 9.81. The van der Waals surface area contributed by atoms with Crippen LogP contribution in [-0.2, 0) is 0 Å². The van der Waals surface area contributed by atoms with Crippen LogP contribution in [0.5, 0.6) is 0 Å². The van der Waals surface area contributed by atoms with Gasteiger partial charge in [0.1, 0.15) is 5.60 Å². The highest BCUT2D eigenvalue weighted by Crippen LogP contribution is 2.69. The van der Waals surface area contributed by atoms with E-state index in [1.54, 1.807) is 5.57 Å². The van der Waals surface area contributed by atoms with E-state index in [1.807, 2.05) is 6.92 Å². The molecule has 0 radical (unpaired) electrons. The fraction of sp³-hybridized carbons (Fsp3) is 0.846. The number of thioether (sulfide) groups is 2. The lowest BCUT2D eigenvalue weighted by Crippen LogP contribution is -2.63. The highest BCUT2D eigenvalue weighted by Gasteiger charge is 2.69. The molecular formula is C26H38O2S2. The van der Waals surface area contributed by atoms with Crippen molar-refractivity contribution in [2.24, 2.45) is 29.1 Å². The highest BCUT2D eigenvalue weighted by molar-refractivity contribution is 8.21. The van der Waals surface area contributed by atoms with Gasteiger partial charge < -0.3 is 10.2 Å². The van der Waals surface area contributed by atoms with E-state index in [0.717, 1.165) is 32.1 Å². The fourth-order valence-corrected chi connectivity index (χ4v) is 11.8. The summed E-state index contributed by atoms with van der Waals surface area (Å²) in [5, 5.41) is 23.9. The topological polar surface area (TPSA) is 40.5 Å². The number of fused-ring (bicyclic) bond motifs is 5. The maximum absolute atomic E-state index is 12.2. The Morgan fingerprint density at radius 1 is 1.07 bits per heavy atom. The summed E-state index contributed by atoms with van der Waals surface area (Å²) in [5.41, 5.74) is -0.216. The maximum atomic E-state index is 12.2. The molecule has 1 spiro atoms. The Kier molecular flexibility index (Phi) is 5.42. The molecule has 1 saturated heterocycles. The lowest BCUT2D eigenvalue weighted by Gasteiger charge is -2.62. The predicted molar refractivity (Wildman–Crippen MR) is 128 cm³/mol. The third-order valence-corrected chi connectivity index (χ3v) is 13.2. The van der Waals surface area contributed by atoms with Crippen LogP contribution < -0.4 is 0 Å². The van der Waals surface area contributed by atoms with Crippen molar-refractivity contribution in [1.82, 2.24) is 0 Å². The summed E-state index contributed by atoms with van der Waals surface area (Å²) in [6.07, 6.45) is 11.8. The Balaban J connectivity index is 1.55. The monoisotopic (exact) mass is 446 g/mol. The van der Waals surface area contributed by atoms with Crippen molar-refractivity contribution in [2.45, 2.75) is 93.8 Å². The number of rotatable bonds is 2. The van der Waals surface area contributed by atoms with Crippen LogP contribution in [0, 0.1) is 40.9 Å². The van der Waals surface area contributed by atoms with Crippen molar-refractivity contribution in [2.75, 3.05) is 11.5 Å². The predicted octanol–water partition coefficient (Wildman–Crippen LogP) is 5.63. The van der Waals surface area contributed by atoms with Gasteiger partial charge in [0.25, 0.3) is 0 Å². The summed E-state index contributed by atoms with van der Waals surface area (Å²) in [7, 11) is 0. The van der Waals surface area contributed by atoms with E-state index in [-0.39, 0.29) is 5.41 Å². The van der Waals surface area contributed by atoms with Crippen LogP contribution in [-0.4, -0.2) is 37.0 Å². The highest BCUT2D eigenvalue weighted by atomic mass is 32.2. The normalized spacial score (nSPS) is 48.9. The standard InChI is InChI=1S/C26H38O2S2/c1-4-11-25(28)12-10-21-20-8-7-18-16-26(29-14-15-30-26)13-9-19(18)22(20)24(27,6-3)17-23(21,25)5-2/h16,19-22,27-28H,5-10,12-15,17H2,1-3H3/t19?,20?,21?,22?,23-,24?,25-/m0/s1. The zero-order valence-electron chi connectivity index (χ0n) is 18.9. The molecule has 30 heavy (non-hydrogen) atoms. The van der Waals surface area contributed by atoms with Gasteiger partial charge >= 0.3 is 0 Å². The lowest BCUT2D eigenvalue weighted by molar-refractivity contribution is -0.200. The van der Waals surface area contributed by atoms with Crippen LogP contribution in [0.25, 0.3) is 0 Å². The van der Waals surface area contributed by atoms with Gasteiger partial charge in [0.05, 0.1) is 9.68 Å². The van der Waals surface area contributed by atoms with Gasteiger partial charge in [0.2, 0.25) is 0 Å². The lowest BCUT2D eigenvalue weighted by atomic mass is 9.44. The molecule has 0 amide bonds. The smallest absolute Gasteiger partial charge is 0.131 e. The SMILES string of the molecule is CC#C[C@]1(O)CCC2C3CCC4=CC5(CCC4C3C(O)(CC)C[C@@]21CC)SCCS5. The quantitative estimate of drug-likeness (QED) is 0.426. The zero-order valence-corrected chi connectivity index (χ0v) is 20.5. The molecule has 166 valence electrons. The first-order valence-electron chi connectivity index (χ1n) is 12.2. The van der Waals surface area contributed by atoms with Crippen LogP contribution in [0.2, 0.25) is 0 Å². The van der Waals surface area contributed by atoms with E-state index in [9.17, 15) is 10.2 Å². The van der Waals surface area contributed by atoms with E-state index in [0.29, 0.717) is 27.8 Å². The second kappa shape index (κ2) is 7.47. The van der Waals surface area contributed by atoms with Crippen molar-refractivity contribution in [3.05, 3.63) is 11.6 Å². The Hall–Kier alpha value is -0.0800. The molecule has 0 aromatic carbocycles. The molecule has 4 heteroatoms. The Bertz CT molecular complexity index is 791. The van der Waals surface area contributed by atoms with Gasteiger partial charge in [0, 0.05) is 16.9 Å². The molecule has 2 nitrogen and oxygen atoms in total. The second-order valence-corrected chi connectivity index (χ2v) is 13.7. The van der Waals surface area contributed by atoms with Crippen molar-refractivity contribution in [1.29, 1.82) is 0 Å². The van der Waals surface area contributed by atoms with E-state index in [4.69, 9.17) is 0 Å². The van der Waals surface area contributed by atoms with E-state index < -0.39 is 11.2 Å². The summed E-state index contributed by atoms with van der Waals surface area (Å²) in [6, 6.07) is 0. The van der Waals surface area contributed by atoms with E-state index in [2.05, 4.69) is 55.3 Å². The number of aliphatic hydroxyl groups is 2. The van der Waals surface area contributed by atoms with Crippen molar-refractivity contribution < 1.29 is 10.2 Å². The average Bonchev–Trinajstić information content (AvgIpc) is 3.30. The van der Waals surface area contributed by atoms with Crippen LogP contribution >= 0.6 is 23.5 Å². The molecule has 1 heterocycles. The number of hydrogen-bond donors (Lipinski definition) is 2. The van der Waals surface area contributed by atoms with Gasteiger partial charge in [-0.2, -0.15) is 0 Å². The van der Waals surface area contributed by atoms with E-state index >= 15 is 0 Å². The molecule has 5 aliphatic rings. The second-order valence-electron chi connectivity index (χ2n) is 10.6. The number of allylic oxidation sites excluding steroid dienone is 1. The van der Waals surface area contributed by atoms with Crippen LogP contribution in [0.1, 0.15) is 78.6 Å². The molecule has 5 unspecified atom stereocenters. The first-order chi connectivity index (χ1) is 14.4. The minimum Gasteiger partial charge on any atom is -0.390 e. The van der Waals surface area contributed by atoms with Gasteiger partial charge in [-0.1, -0.05) is 31.4 Å². The molecule has 0 aromatic heterocycles. The first kappa shape index (κ1) is 21.7. The van der Waals surface area contributed by atoms with Gasteiger partial charge in [-0.05, 0) is 88.4 Å². The van der Waals surface area contributed by atoms with Gasteiger partial charge in [0.15, 0.2) is 0 Å². The van der Waals surface area contributed by atoms with E-state index in [1.165, 1.54) is 37.2 Å². The first-order valence-corrected chi connectivity index (χ1v) is 14.2. The van der Waals surface area contributed by atoms with Crippen LogP contribution in [0.4, 0.5) is 0 Å². The molecule has 4 aliphatic carbocycles. The van der Waals surface area contributed by atoms with Crippen molar-refractivity contribution >= 4 is 23.5 Å². The van der Waals surface area contributed by atoms with Gasteiger partial charge in [-0.15, -0.1) is 29.4 Å². The number of hydrogen-bond acceptors (Lipinski definition) is 4. The third kappa shape index (κ3) is 2.87. The molecule has 7 atom stereocenters. The summed E-state index contributed by atoms with van der Waals surface area (Å²) in [5.74, 6) is 10.8. The molecule has 3 saturated carbocycles. The van der Waals surface area contributed by atoms with Crippen LogP contribution in [0.3, 0.4) is 0 Å². The molecule has 0 aromatic rings. The minimum absolute atomic E-state index is 0.254. The summed E-state index contributed by atoms with van der Waals surface area (Å²) in [4.78, 5) is 0. The Morgan fingerprint density at radius 2 is 1.83 bits per heavy atom. The fourth-order valence-electron chi connectivity index (χ4n) is 8.60. The van der Waals surface area contributed by atoms with Crippen LogP contribution in [0.15, 0.2) is 11.6 Å². The zero-order chi connectivity index (χ0) is 21.2. The van der Waals surface area contributed by atoms with Gasteiger partial charge in [-0.3, -0.25) is 0 Å². The maximum Gasteiger partial charge on any atom is 0.131 e. The summed E-state index contributed by atoms with van der Waals surface area (Å²) >= 11 is 4.31. The minimum atomic E-state index is -0.931. The van der Waals surface area contributed by atoms with Crippen molar-refractivity contribution in [3.63, 3.8) is 0 Å². The summed E-state index contributed by atoms with van der Waals surface area (Å²) < 4.78 is 0.329. The largest absolute Gasteiger partial charge is 0.390 e. The van der Waals surface area contributed by atoms with Gasteiger partial charge in [-0.25, -0.2) is 0 Å². The molecule has 0 bridgehead atoms. The molecule has 1 aliphatic heterocycles. The Morgan fingerprint density at radius 3 is 2.50 bits per heavy atom. The average molecular weight is 447 g/mol. The molecular weight excluding hydrogens is 408 g/mol. The van der Waals surface area contributed by atoms with Crippen molar-refractivity contribution in [3.8, 4) is 11.8 Å².